The Kier molecular flexibility index (Phi) is 11.3. The predicted octanol–water partition coefficient (Wildman–Crippen LogP) is 2.22. The monoisotopic (exact) mass is 373 g/mol. The van der Waals surface area contributed by atoms with E-state index in [0.717, 1.165) is 0 Å². The van der Waals surface area contributed by atoms with Gasteiger partial charge in [-0.3, -0.25) is 4.79 Å². The van der Waals surface area contributed by atoms with Gasteiger partial charge in [-0.05, 0) is 34.1 Å². The molecule has 0 aliphatic heterocycles. The lowest BCUT2D eigenvalue weighted by Crippen LogP contribution is -2.34. The van der Waals surface area contributed by atoms with E-state index in [1.165, 1.54) is 0 Å². The van der Waals surface area contributed by atoms with E-state index in [-0.39, 0.29) is 38.9 Å². The maximum atomic E-state index is 11.8. The first kappa shape index (κ1) is 23.9. The molecule has 0 radical (unpaired) electrons. The van der Waals surface area contributed by atoms with E-state index < -0.39 is 23.6 Å². The third-order valence-electron chi connectivity index (χ3n) is 3.52. The lowest BCUT2D eigenvalue weighted by Gasteiger charge is -2.22. The highest BCUT2D eigenvalue weighted by Crippen LogP contribution is 2.21. The minimum absolute atomic E-state index is 0.000269. The summed E-state index contributed by atoms with van der Waals surface area (Å²) in [7, 11) is 0. The van der Waals surface area contributed by atoms with E-state index >= 15 is 0 Å². The molecule has 0 aromatic heterocycles. The molecule has 1 unspecified atom stereocenters. The molecule has 1 amide bonds. The predicted molar refractivity (Wildman–Crippen MR) is 95.6 cm³/mol. The van der Waals surface area contributed by atoms with Crippen molar-refractivity contribution in [1.29, 1.82) is 0 Å². The molecular weight excluding hydrogens is 342 g/mol. The number of ether oxygens (including phenoxy) is 4. The van der Waals surface area contributed by atoms with Crippen LogP contribution in [0.2, 0.25) is 0 Å². The molecule has 0 fully saturated rings. The van der Waals surface area contributed by atoms with Crippen LogP contribution in [0.5, 0.6) is 0 Å². The molecule has 0 bridgehead atoms. The van der Waals surface area contributed by atoms with Crippen LogP contribution in [-0.4, -0.2) is 57.1 Å². The summed E-state index contributed by atoms with van der Waals surface area (Å²) in [6, 6.07) is 0. The van der Waals surface area contributed by atoms with Crippen LogP contribution in [-0.2, 0) is 28.5 Å². The molecule has 0 aromatic carbocycles. The van der Waals surface area contributed by atoms with Crippen LogP contribution < -0.4 is 5.32 Å². The van der Waals surface area contributed by atoms with Crippen molar-refractivity contribution >= 4 is 18.0 Å². The summed E-state index contributed by atoms with van der Waals surface area (Å²) >= 11 is 0. The first-order valence-electron chi connectivity index (χ1n) is 8.62. The highest BCUT2D eigenvalue weighted by molar-refractivity contribution is 5.86. The zero-order chi connectivity index (χ0) is 20.2. The largest absolute Gasteiger partial charge is 0.461 e. The number of amides is 1. The summed E-state index contributed by atoms with van der Waals surface area (Å²) in [6.45, 7) is 13.0. The quantitative estimate of drug-likeness (QED) is 0.242. The Labute approximate surface area is 155 Å². The molecule has 0 heterocycles. The van der Waals surface area contributed by atoms with E-state index in [9.17, 15) is 14.4 Å². The van der Waals surface area contributed by atoms with E-state index in [1.807, 2.05) is 6.92 Å². The number of hydrogen-bond acceptors (Lipinski definition) is 7. The van der Waals surface area contributed by atoms with Crippen molar-refractivity contribution in [2.45, 2.75) is 47.1 Å². The lowest BCUT2D eigenvalue weighted by molar-refractivity contribution is -0.156. The second-order valence-corrected chi connectivity index (χ2v) is 6.51. The van der Waals surface area contributed by atoms with Crippen LogP contribution >= 0.6 is 0 Å². The van der Waals surface area contributed by atoms with Crippen LogP contribution in [0.15, 0.2) is 12.2 Å². The molecule has 0 aliphatic rings. The van der Waals surface area contributed by atoms with E-state index in [0.29, 0.717) is 12.0 Å². The minimum Gasteiger partial charge on any atom is -0.461 e. The molecule has 8 nitrogen and oxygen atoms in total. The third kappa shape index (κ3) is 10.7. The average Bonchev–Trinajstić information content (AvgIpc) is 2.58. The van der Waals surface area contributed by atoms with Crippen molar-refractivity contribution in [3.8, 4) is 0 Å². The molecule has 0 saturated heterocycles. The molecule has 26 heavy (non-hydrogen) atoms. The van der Waals surface area contributed by atoms with Crippen LogP contribution in [0.1, 0.15) is 41.0 Å². The summed E-state index contributed by atoms with van der Waals surface area (Å²) in [5, 5.41) is 2.51. The van der Waals surface area contributed by atoms with Crippen LogP contribution in [0.4, 0.5) is 4.79 Å². The zero-order valence-electron chi connectivity index (χ0n) is 16.4. The van der Waals surface area contributed by atoms with Gasteiger partial charge in [-0.2, -0.15) is 0 Å². The Bertz CT molecular complexity index is 488. The Balaban J connectivity index is 3.74. The fourth-order valence-corrected chi connectivity index (χ4v) is 1.43. The fourth-order valence-electron chi connectivity index (χ4n) is 1.43. The smallest absolute Gasteiger partial charge is 0.407 e. The standard InChI is InChI=1S/C18H31NO7/c1-7-18(5,6)16(21)25-12-14(4)26-17(22)19-8-9-23-10-11-24-15(20)13(2)3/h14H,2,7-12H2,1,3-6H3,(H,19,22). The van der Waals surface area contributed by atoms with Gasteiger partial charge in [-0.25, -0.2) is 9.59 Å². The molecule has 8 heteroatoms. The van der Waals surface area contributed by atoms with E-state index in [4.69, 9.17) is 18.9 Å². The highest BCUT2D eigenvalue weighted by atomic mass is 16.6. The third-order valence-corrected chi connectivity index (χ3v) is 3.52. The Morgan fingerprint density at radius 3 is 2.35 bits per heavy atom. The maximum absolute atomic E-state index is 11.8. The van der Waals surface area contributed by atoms with Gasteiger partial charge < -0.3 is 24.3 Å². The Morgan fingerprint density at radius 2 is 1.77 bits per heavy atom. The second-order valence-electron chi connectivity index (χ2n) is 6.51. The van der Waals surface area contributed by atoms with Crippen molar-refractivity contribution in [2.75, 3.05) is 33.0 Å². The number of esters is 2. The van der Waals surface area contributed by atoms with Crippen LogP contribution in [0.25, 0.3) is 0 Å². The SMILES string of the molecule is C=C(C)C(=O)OCCOCCNC(=O)OC(C)COC(=O)C(C)(C)CC. The summed E-state index contributed by atoms with van der Waals surface area (Å²) < 4.78 is 20.3. The molecule has 0 aromatic rings. The first-order chi connectivity index (χ1) is 12.1. The molecule has 1 N–H and O–H groups in total. The van der Waals surface area contributed by atoms with Crippen molar-refractivity contribution in [2.24, 2.45) is 5.41 Å². The summed E-state index contributed by atoms with van der Waals surface area (Å²) in [4.78, 5) is 34.5. The molecule has 0 aliphatic carbocycles. The maximum Gasteiger partial charge on any atom is 0.407 e. The van der Waals surface area contributed by atoms with Gasteiger partial charge >= 0.3 is 18.0 Å². The molecule has 0 spiro atoms. The van der Waals surface area contributed by atoms with Crippen LogP contribution in [0, 0.1) is 5.41 Å². The number of hydrogen-bond donors (Lipinski definition) is 1. The highest BCUT2D eigenvalue weighted by Gasteiger charge is 2.27. The number of carbonyl (C=O) groups is 3. The molecule has 1 atom stereocenters. The number of nitrogens with one attached hydrogen (secondary N) is 1. The summed E-state index contributed by atoms with van der Waals surface area (Å²) in [5.74, 6) is -0.788. The second kappa shape index (κ2) is 12.3. The van der Waals surface area contributed by atoms with Gasteiger partial charge in [-0.1, -0.05) is 13.5 Å². The Morgan fingerprint density at radius 1 is 1.12 bits per heavy atom. The molecule has 0 rings (SSSR count). The molecular formula is C18H31NO7. The Hall–Kier alpha value is -2.09. The lowest BCUT2D eigenvalue weighted by atomic mass is 9.91. The van der Waals surface area contributed by atoms with Gasteiger partial charge in [0.25, 0.3) is 0 Å². The van der Waals surface area contributed by atoms with Gasteiger partial charge in [0.2, 0.25) is 0 Å². The van der Waals surface area contributed by atoms with Gasteiger partial charge in [0, 0.05) is 12.1 Å². The summed E-state index contributed by atoms with van der Waals surface area (Å²) in [5.41, 5.74) is -0.231. The van der Waals surface area contributed by atoms with Crippen molar-refractivity contribution in [3.63, 3.8) is 0 Å². The van der Waals surface area contributed by atoms with Crippen molar-refractivity contribution in [1.82, 2.24) is 5.32 Å². The number of alkyl carbamates (subject to hydrolysis) is 1. The van der Waals surface area contributed by atoms with Crippen molar-refractivity contribution < 1.29 is 33.3 Å². The number of carbonyl (C=O) groups excluding carboxylic acids is 3. The number of rotatable bonds is 12. The zero-order valence-corrected chi connectivity index (χ0v) is 16.4. The fraction of sp³-hybridized carbons (Fsp3) is 0.722. The van der Waals surface area contributed by atoms with Gasteiger partial charge in [0.05, 0.1) is 18.6 Å². The normalized spacial score (nSPS) is 12.0. The summed E-state index contributed by atoms with van der Waals surface area (Å²) in [6.07, 6.45) is -0.525. The topological polar surface area (TPSA) is 100 Å². The van der Waals surface area contributed by atoms with Gasteiger partial charge in [-0.15, -0.1) is 0 Å². The average molecular weight is 373 g/mol. The molecule has 0 saturated carbocycles. The van der Waals surface area contributed by atoms with Gasteiger partial charge in [0.1, 0.15) is 19.3 Å². The van der Waals surface area contributed by atoms with Crippen molar-refractivity contribution in [3.05, 3.63) is 12.2 Å². The van der Waals surface area contributed by atoms with Crippen LogP contribution in [0.3, 0.4) is 0 Å². The minimum atomic E-state index is -0.624. The van der Waals surface area contributed by atoms with E-state index in [2.05, 4.69) is 11.9 Å². The van der Waals surface area contributed by atoms with E-state index in [1.54, 1.807) is 27.7 Å². The van der Waals surface area contributed by atoms with Gasteiger partial charge in [0.15, 0.2) is 0 Å². The first-order valence-corrected chi connectivity index (χ1v) is 8.62. The molecule has 150 valence electrons.